The summed E-state index contributed by atoms with van der Waals surface area (Å²) in [5.41, 5.74) is 4.01. The van der Waals surface area contributed by atoms with Crippen molar-refractivity contribution >= 4 is 12.4 Å². The van der Waals surface area contributed by atoms with Gasteiger partial charge in [0.1, 0.15) is 12.4 Å². The SMILES string of the molecule is Cc1ccc(OCc2cc(CO)ccn2)c(C)c1.Cl. The Morgan fingerprint density at radius 1 is 1.16 bits per heavy atom. The molecule has 0 radical (unpaired) electrons. The fraction of sp³-hybridized carbons (Fsp3) is 0.267. The van der Waals surface area contributed by atoms with E-state index in [9.17, 15) is 0 Å². The molecule has 0 spiro atoms. The van der Waals surface area contributed by atoms with Crippen molar-refractivity contribution < 1.29 is 9.84 Å². The van der Waals surface area contributed by atoms with Crippen molar-refractivity contribution in [1.82, 2.24) is 4.98 Å². The second-order valence-electron chi connectivity index (χ2n) is 4.37. The number of pyridine rings is 1. The van der Waals surface area contributed by atoms with Gasteiger partial charge in [-0.05, 0) is 43.2 Å². The number of hydrogen-bond donors (Lipinski definition) is 1. The molecular weight excluding hydrogens is 262 g/mol. The summed E-state index contributed by atoms with van der Waals surface area (Å²) in [6.07, 6.45) is 1.69. The molecule has 2 rings (SSSR count). The molecule has 1 aromatic carbocycles. The minimum atomic E-state index is 0. The van der Waals surface area contributed by atoms with E-state index in [-0.39, 0.29) is 19.0 Å². The number of aryl methyl sites for hydroxylation is 2. The highest BCUT2D eigenvalue weighted by atomic mass is 35.5. The maximum atomic E-state index is 9.05. The van der Waals surface area contributed by atoms with Gasteiger partial charge in [-0.3, -0.25) is 4.98 Å². The lowest BCUT2D eigenvalue weighted by atomic mass is 10.1. The van der Waals surface area contributed by atoms with Crippen LogP contribution in [0, 0.1) is 13.8 Å². The molecule has 4 heteroatoms. The molecule has 0 bridgehead atoms. The Bertz CT molecular complexity index is 543. The summed E-state index contributed by atoms with van der Waals surface area (Å²) in [5.74, 6) is 0.872. The molecule has 2 aromatic rings. The molecule has 0 atom stereocenters. The lowest BCUT2D eigenvalue weighted by molar-refractivity contribution is 0.279. The van der Waals surface area contributed by atoms with Crippen LogP contribution in [0.5, 0.6) is 5.75 Å². The number of aromatic nitrogens is 1. The Morgan fingerprint density at radius 3 is 2.63 bits per heavy atom. The molecule has 0 fully saturated rings. The highest BCUT2D eigenvalue weighted by Gasteiger charge is 2.02. The quantitative estimate of drug-likeness (QED) is 0.935. The van der Waals surface area contributed by atoms with E-state index in [0.717, 1.165) is 22.6 Å². The van der Waals surface area contributed by atoms with E-state index in [1.54, 1.807) is 12.3 Å². The van der Waals surface area contributed by atoms with Gasteiger partial charge in [0.25, 0.3) is 0 Å². The molecule has 1 heterocycles. The van der Waals surface area contributed by atoms with Crippen molar-refractivity contribution in [2.75, 3.05) is 0 Å². The third kappa shape index (κ3) is 4.23. The van der Waals surface area contributed by atoms with Gasteiger partial charge in [0.05, 0.1) is 12.3 Å². The maximum absolute atomic E-state index is 9.05. The number of rotatable bonds is 4. The summed E-state index contributed by atoms with van der Waals surface area (Å²) in [5, 5.41) is 9.05. The zero-order chi connectivity index (χ0) is 13.0. The minimum Gasteiger partial charge on any atom is -0.487 e. The lowest BCUT2D eigenvalue weighted by Gasteiger charge is -2.09. The van der Waals surface area contributed by atoms with Crippen LogP contribution in [0.2, 0.25) is 0 Å². The van der Waals surface area contributed by atoms with Gasteiger partial charge in [0, 0.05) is 6.20 Å². The third-order valence-electron chi connectivity index (χ3n) is 2.77. The van der Waals surface area contributed by atoms with Crippen LogP contribution in [0.4, 0.5) is 0 Å². The van der Waals surface area contributed by atoms with E-state index in [4.69, 9.17) is 9.84 Å². The fourth-order valence-electron chi connectivity index (χ4n) is 1.82. The average Bonchev–Trinajstić information content (AvgIpc) is 2.38. The first-order valence-corrected chi connectivity index (χ1v) is 5.94. The van der Waals surface area contributed by atoms with Crippen LogP contribution in [0.15, 0.2) is 36.5 Å². The van der Waals surface area contributed by atoms with Crippen LogP contribution in [0.3, 0.4) is 0 Å². The van der Waals surface area contributed by atoms with E-state index in [0.29, 0.717) is 6.61 Å². The summed E-state index contributed by atoms with van der Waals surface area (Å²) in [6, 6.07) is 9.73. The van der Waals surface area contributed by atoms with Crippen molar-refractivity contribution in [3.63, 3.8) is 0 Å². The average molecular weight is 280 g/mol. The molecule has 0 amide bonds. The summed E-state index contributed by atoms with van der Waals surface area (Å²) in [4.78, 5) is 4.21. The van der Waals surface area contributed by atoms with Gasteiger partial charge < -0.3 is 9.84 Å². The smallest absolute Gasteiger partial charge is 0.130 e. The minimum absolute atomic E-state index is 0. The molecule has 19 heavy (non-hydrogen) atoms. The van der Waals surface area contributed by atoms with Gasteiger partial charge in [-0.15, -0.1) is 12.4 Å². The molecule has 1 N–H and O–H groups in total. The molecule has 102 valence electrons. The van der Waals surface area contributed by atoms with Gasteiger partial charge in [-0.2, -0.15) is 0 Å². The van der Waals surface area contributed by atoms with E-state index in [1.165, 1.54) is 5.56 Å². The predicted octanol–water partition coefficient (Wildman–Crippen LogP) is 3.19. The van der Waals surface area contributed by atoms with Gasteiger partial charge in [-0.25, -0.2) is 0 Å². The van der Waals surface area contributed by atoms with Crippen LogP contribution in [0.25, 0.3) is 0 Å². The van der Waals surface area contributed by atoms with E-state index in [2.05, 4.69) is 18.0 Å². The molecular formula is C15H18ClNO2. The van der Waals surface area contributed by atoms with Gasteiger partial charge in [0.2, 0.25) is 0 Å². The third-order valence-corrected chi connectivity index (χ3v) is 2.77. The number of nitrogens with zero attached hydrogens (tertiary/aromatic N) is 1. The standard InChI is InChI=1S/C15H17NO2.ClH/c1-11-3-4-15(12(2)7-11)18-10-14-8-13(9-17)5-6-16-14;/h3-8,17H,9-10H2,1-2H3;1H. The van der Waals surface area contributed by atoms with Crippen molar-refractivity contribution in [1.29, 1.82) is 0 Å². The van der Waals surface area contributed by atoms with Crippen molar-refractivity contribution in [2.24, 2.45) is 0 Å². The second-order valence-corrected chi connectivity index (χ2v) is 4.37. The Morgan fingerprint density at radius 2 is 1.95 bits per heavy atom. The summed E-state index contributed by atoms with van der Waals surface area (Å²) >= 11 is 0. The first-order valence-electron chi connectivity index (χ1n) is 5.94. The zero-order valence-corrected chi connectivity index (χ0v) is 11.9. The lowest BCUT2D eigenvalue weighted by Crippen LogP contribution is -2.00. The Hall–Kier alpha value is -1.58. The first kappa shape index (κ1) is 15.5. The molecule has 0 saturated heterocycles. The first-order chi connectivity index (χ1) is 8.69. The molecule has 0 saturated carbocycles. The number of aliphatic hydroxyl groups is 1. The van der Waals surface area contributed by atoms with Crippen molar-refractivity contribution in [3.05, 3.63) is 58.9 Å². The van der Waals surface area contributed by atoms with Crippen molar-refractivity contribution in [3.8, 4) is 5.75 Å². The van der Waals surface area contributed by atoms with Gasteiger partial charge >= 0.3 is 0 Å². The molecule has 0 aliphatic carbocycles. The van der Waals surface area contributed by atoms with E-state index >= 15 is 0 Å². The highest BCUT2D eigenvalue weighted by Crippen LogP contribution is 2.19. The Kier molecular flexibility index (Phi) is 5.80. The number of benzene rings is 1. The monoisotopic (exact) mass is 279 g/mol. The van der Waals surface area contributed by atoms with Gasteiger partial charge in [-0.1, -0.05) is 17.7 Å². The van der Waals surface area contributed by atoms with Crippen LogP contribution < -0.4 is 4.74 Å². The molecule has 0 aliphatic rings. The molecule has 3 nitrogen and oxygen atoms in total. The largest absolute Gasteiger partial charge is 0.487 e. The predicted molar refractivity (Wildman–Crippen MR) is 77.7 cm³/mol. The normalized spacial score (nSPS) is 9.84. The fourth-order valence-corrected chi connectivity index (χ4v) is 1.82. The Labute approximate surface area is 119 Å². The number of aliphatic hydroxyl groups excluding tert-OH is 1. The van der Waals surface area contributed by atoms with Gasteiger partial charge in [0.15, 0.2) is 0 Å². The maximum Gasteiger partial charge on any atom is 0.130 e. The molecule has 0 aliphatic heterocycles. The summed E-state index contributed by atoms with van der Waals surface area (Å²) in [7, 11) is 0. The number of hydrogen-bond acceptors (Lipinski definition) is 3. The van der Waals surface area contributed by atoms with Crippen LogP contribution in [-0.4, -0.2) is 10.1 Å². The van der Waals surface area contributed by atoms with Crippen LogP contribution >= 0.6 is 12.4 Å². The Balaban J connectivity index is 0.00000180. The van der Waals surface area contributed by atoms with Crippen LogP contribution in [-0.2, 0) is 13.2 Å². The highest BCUT2D eigenvalue weighted by molar-refractivity contribution is 5.85. The topological polar surface area (TPSA) is 42.4 Å². The summed E-state index contributed by atoms with van der Waals surface area (Å²) in [6.45, 7) is 4.53. The molecule has 1 aromatic heterocycles. The number of halogens is 1. The van der Waals surface area contributed by atoms with Crippen LogP contribution in [0.1, 0.15) is 22.4 Å². The number of ether oxygens (including phenoxy) is 1. The second kappa shape index (κ2) is 7.12. The van der Waals surface area contributed by atoms with E-state index in [1.807, 2.05) is 25.1 Å². The van der Waals surface area contributed by atoms with Crippen molar-refractivity contribution in [2.45, 2.75) is 27.1 Å². The molecule has 0 unspecified atom stereocenters. The zero-order valence-electron chi connectivity index (χ0n) is 11.1. The van der Waals surface area contributed by atoms with E-state index < -0.39 is 0 Å². The summed E-state index contributed by atoms with van der Waals surface area (Å²) < 4.78 is 5.73.